The molecule has 6 nitrogen and oxygen atoms in total. The fourth-order valence-corrected chi connectivity index (χ4v) is 2.91. The number of benzene rings is 2. The molecule has 0 spiro atoms. The summed E-state index contributed by atoms with van der Waals surface area (Å²) < 4.78 is 5.05. The SMILES string of the molecule is Cc1cccc(C)c1NC(=O)COC(=O)[C@H](C)NC(=O)c1ccc(C(C)(C)C)cc1. The zero-order valence-corrected chi connectivity index (χ0v) is 18.5. The first-order chi connectivity index (χ1) is 14.0. The normalized spacial score (nSPS) is 12.1. The molecule has 0 saturated carbocycles. The zero-order chi connectivity index (χ0) is 22.5. The third-order valence-corrected chi connectivity index (χ3v) is 4.81. The van der Waals surface area contributed by atoms with Crippen LogP contribution in [-0.4, -0.2) is 30.4 Å². The lowest BCUT2D eigenvalue weighted by molar-refractivity contribution is -0.148. The number of esters is 1. The van der Waals surface area contributed by atoms with Gasteiger partial charge in [-0.25, -0.2) is 4.79 Å². The second-order valence-electron chi connectivity index (χ2n) is 8.45. The van der Waals surface area contributed by atoms with Crippen molar-refractivity contribution in [1.82, 2.24) is 5.32 Å². The van der Waals surface area contributed by atoms with Crippen molar-refractivity contribution in [2.24, 2.45) is 0 Å². The predicted octanol–water partition coefficient (Wildman–Crippen LogP) is 3.90. The monoisotopic (exact) mass is 410 g/mol. The zero-order valence-electron chi connectivity index (χ0n) is 18.5. The summed E-state index contributed by atoms with van der Waals surface area (Å²) in [5.74, 6) is -1.48. The molecule has 0 heterocycles. The number of hydrogen-bond acceptors (Lipinski definition) is 4. The van der Waals surface area contributed by atoms with E-state index in [0.29, 0.717) is 11.3 Å². The smallest absolute Gasteiger partial charge is 0.328 e. The van der Waals surface area contributed by atoms with E-state index in [1.165, 1.54) is 6.92 Å². The van der Waals surface area contributed by atoms with Crippen molar-refractivity contribution >= 4 is 23.5 Å². The summed E-state index contributed by atoms with van der Waals surface area (Å²) in [5, 5.41) is 5.35. The van der Waals surface area contributed by atoms with Crippen LogP contribution in [0.25, 0.3) is 0 Å². The minimum atomic E-state index is -0.882. The molecule has 2 aromatic carbocycles. The van der Waals surface area contributed by atoms with E-state index in [0.717, 1.165) is 16.7 Å². The molecule has 6 heteroatoms. The number of carbonyl (C=O) groups is 3. The Balaban J connectivity index is 1.87. The summed E-state index contributed by atoms with van der Waals surface area (Å²) in [6.45, 7) is 11.2. The molecule has 0 fully saturated rings. The van der Waals surface area contributed by atoms with Gasteiger partial charge in [0.15, 0.2) is 6.61 Å². The average Bonchev–Trinajstić information content (AvgIpc) is 2.68. The van der Waals surface area contributed by atoms with Gasteiger partial charge in [-0.05, 0) is 55.0 Å². The van der Waals surface area contributed by atoms with Crippen molar-refractivity contribution < 1.29 is 19.1 Å². The summed E-state index contributed by atoms with van der Waals surface area (Å²) in [5.41, 5.74) is 4.11. The number of rotatable bonds is 6. The van der Waals surface area contributed by atoms with Crippen LogP contribution in [0.5, 0.6) is 0 Å². The second kappa shape index (κ2) is 9.57. The Morgan fingerprint density at radius 3 is 2.07 bits per heavy atom. The molecule has 30 heavy (non-hydrogen) atoms. The maximum Gasteiger partial charge on any atom is 0.328 e. The standard InChI is InChI=1S/C24H30N2O4/c1-15-8-7-9-16(2)21(15)26-20(27)14-30-23(29)17(3)25-22(28)18-10-12-19(13-11-18)24(4,5)6/h7-13,17H,14H2,1-6H3,(H,25,28)(H,26,27)/t17-/m0/s1. The van der Waals surface area contributed by atoms with E-state index in [1.807, 2.05) is 44.2 Å². The van der Waals surface area contributed by atoms with Crippen molar-refractivity contribution in [3.8, 4) is 0 Å². The fraction of sp³-hybridized carbons (Fsp3) is 0.375. The van der Waals surface area contributed by atoms with Gasteiger partial charge in [0.1, 0.15) is 6.04 Å². The quantitative estimate of drug-likeness (QED) is 0.708. The molecule has 2 N–H and O–H groups in total. The molecule has 0 aliphatic heterocycles. The largest absolute Gasteiger partial charge is 0.454 e. The lowest BCUT2D eigenvalue weighted by Gasteiger charge is -2.19. The van der Waals surface area contributed by atoms with Gasteiger partial charge in [-0.3, -0.25) is 9.59 Å². The average molecular weight is 411 g/mol. The molecular weight excluding hydrogens is 380 g/mol. The molecule has 0 unspecified atom stereocenters. The lowest BCUT2D eigenvalue weighted by Crippen LogP contribution is -2.40. The highest BCUT2D eigenvalue weighted by molar-refractivity contribution is 5.97. The van der Waals surface area contributed by atoms with E-state index in [1.54, 1.807) is 12.1 Å². The fourth-order valence-electron chi connectivity index (χ4n) is 2.91. The number of ether oxygens (including phenoxy) is 1. The summed E-state index contributed by atoms with van der Waals surface area (Å²) in [6, 6.07) is 12.1. The van der Waals surface area contributed by atoms with Crippen LogP contribution < -0.4 is 10.6 Å². The van der Waals surface area contributed by atoms with Gasteiger partial charge in [0.05, 0.1) is 0 Å². The highest BCUT2D eigenvalue weighted by Gasteiger charge is 2.20. The van der Waals surface area contributed by atoms with Crippen molar-refractivity contribution in [3.63, 3.8) is 0 Å². The highest BCUT2D eigenvalue weighted by Crippen LogP contribution is 2.22. The first-order valence-corrected chi connectivity index (χ1v) is 9.93. The molecule has 0 aromatic heterocycles. The van der Waals surface area contributed by atoms with E-state index in [-0.39, 0.29) is 11.3 Å². The Morgan fingerprint density at radius 2 is 1.53 bits per heavy atom. The van der Waals surface area contributed by atoms with Gasteiger partial charge in [-0.1, -0.05) is 51.1 Å². The Bertz CT molecular complexity index is 907. The molecule has 0 saturated heterocycles. The molecule has 0 radical (unpaired) electrons. The summed E-state index contributed by atoms with van der Waals surface area (Å²) >= 11 is 0. The van der Waals surface area contributed by atoms with E-state index in [4.69, 9.17) is 4.74 Å². The number of nitrogens with one attached hydrogen (secondary N) is 2. The topological polar surface area (TPSA) is 84.5 Å². The van der Waals surface area contributed by atoms with Crippen LogP contribution >= 0.6 is 0 Å². The molecule has 160 valence electrons. The van der Waals surface area contributed by atoms with Crippen molar-refractivity contribution in [1.29, 1.82) is 0 Å². The lowest BCUT2D eigenvalue weighted by atomic mass is 9.86. The van der Waals surface area contributed by atoms with Gasteiger partial charge in [0, 0.05) is 11.3 Å². The van der Waals surface area contributed by atoms with Gasteiger partial charge in [-0.2, -0.15) is 0 Å². The predicted molar refractivity (Wildman–Crippen MR) is 118 cm³/mol. The summed E-state index contributed by atoms with van der Waals surface area (Å²) in [6.07, 6.45) is 0. The summed E-state index contributed by atoms with van der Waals surface area (Å²) in [7, 11) is 0. The third-order valence-electron chi connectivity index (χ3n) is 4.81. The Labute approximate surface area is 178 Å². The van der Waals surface area contributed by atoms with Crippen molar-refractivity contribution in [3.05, 3.63) is 64.7 Å². The van der Waals surface area contributed by atoms with Crippen molar-refractivity contribution in [2.75, 3.05) is 11.9 Å². The van der Waals surface area contributed by atoms with Gasteiger partial charge < -0.3 is 15.4 Å². The first-order valence-electron chi connectivity index (χ1n) is 9.93. The minimum absolute atomic E-state index is 0.0104. The highest BCUT2D eigenvalue weighted by atomic mass is 16.5. The van der Waals surface area contributed by atoms with Crippen LogP contribution in [0.15, 0.2) is 42.5 Å². The minimum Gasteiger partial charge on any atom is -0.454 e. The number of para-hydroxylation sites is 1. The molecule has 1 atom stereocenters. The number of carbonyl (C=O) groups excluding carboxylic acids is 3. The van der Waals surface area contributed by atoms with Gasteiger partial charge in [-0.15, -0.1) is 0 Å². The number of aryl methyl sites for hydroxylation is 2. The number of amides is 2. The van der Waals surface area contributed by atoms with Crippen LogP contribution in [-0.2, 0) is 19.7 Å². The number of anilines is 1. The Morgan fingerprint density at radius 1 is 0.967 bits per heavy atom. The maximum atomic E-state index is 12.4. The maximum absolute atomic E-state index is 12.4. The molecule has 2 amide bonds. The van der Waals surface area contributed by atoms with E-state index >= 15 is 0 Å². The van der Waals surface area contributed by atoms with Crippen LogP contribution in [0.2, 0.25) is 0 Å². The molecular formula is C24H30N2O4. The van der Waals surface area contributed by atoms with E-state index < -0.39 is 24.5 Å². The molecule has 2 rings (SSSR count). The van der Waals surface area contributed by atoms with Gasteiger partial charge >= 0.3 is 5.97 Å². The molecule has 0 aliphatic carbocycles. The van der Waals surface area contributed by atoms with Crippen LogP contribution in [0.4, 0.5) is 5.69 Å². The number of hydrogen-bond donors (Lipinski definition) is 2. The summed E-state index contributed by atoms with van der Waals surface area (Å²) in [4.78, 5) is 36.7. The first kappa shape index (κ1) is 23.1. The Kier molecular flexibility index (Phi) is 7.38. The Hall–Kier alpha value is -3.15. The van der Waals surface area contributed by atoms with Crippen molar-refractivity contribution in [2.45, 2.75) is 53.0 Å². The molecule has 2 aromatic rings. The van der Waals surface area contributed by atoms with E-state index in [2.05, 4.69) is 31.4 Å². The molecule has 0 bridgehead atoms. The molecule has 0 aliphatic rings. The van der Waals surface area contributed by atoms with E-state index in [9.17, 15) is 14.4 Å². The van der Waals surface area contributed by atoms with Crippen LogP contribution in [0.1, 0.15) is 54.7 Å². The third kappa shape index (κ3) is 6.17. The van der Waals surface area contributed by atoms with Gasteiger partial charge in [0.25, 0.3) is 11.8 Å². The van der Waals surface area contributed by atoms with Gasteiger partial charge in [0.2, 0.25) is 0 Å². The van der Waals surface area contributed by atoms with Crippen LogP contribution in [0, 0.1) is 13.8 Å². The second-order valence-corrected chi connectivity index (χ2v) is 8.45. The van der Waals surface area contributed by atoms with Crippen LogP contribution in [0.3, 0.4) is 0 Å².